The van der Waals surface area contributed by atoms with Gasteiger partial charge in [-0.25, -0.2) is 4.79 Å². The molecule has 5 heteroatoms. The van der Waals surface area contributed by atoms with Gasteiger partial charge in [0, 0.05) is 0 Å². The van der Waals surface area contributed by atoms with Crippen LogP contribution >= 0.6 is 0 Å². The van der Waals surface area contributed by atoms with Gasteiger partial charge in [0.05, 0.1) is 5.56 Å². The van der Waals surface area contributed by atoms with E-state index in [1.165, 1.54) is 12.8 Å². The lowest BCUT2D eigenvalue weighted by Gasteiger charge is -1.88. The number of carboxylic acids is 1. The van der Waals surface area contributed by atoms with Crippen molar-refractivity contribution in [3.63, 3.8) is 0 Å². The van der Waals surface area contributed by atoms with Crippen molar-refractivity contribution < 1.29 is 14.3 Å². The smallest absolute Gasteiger partial charge is 0.335 e. The fourth-order valence-corrected chi connectivity index (χ4v) is 0.717. The number of aromatic nitrogens is 2. The van der Waals surface area contributed by atoms with Crippen LogP contribution < -0.4 is 0 Å². The van der Waals surface area contributed by atoms with Gasteiger partial charge in [0.15, 0.2) is 0 Å². The molecule has 0 bridgehead atoms. The highest BCUT2D eigenvalue weighted by molar-refractivity contribution is 5.87. The number of benzene rings is 1. The molecule has 0 spiro atoms. The first-order chi connectivity index (χ1) is 6.80. The molecule has 2 aromatic rings. The Kier molecular flexibility index (Phi) is 3.87. The topological polar surface area (TPSA) is 76.2 Å². The molecular weight excluding hydrogens is 184 g/mol. The van der Waals surface area contributed by atoms with E-state index >= 15 is 0 Å². The highest BCUT2D eigenvalue weighted by Gasteiger charge is 1.96. The number of nitrogens with zero attached hydrogens (tertiary/aromatic N) is 2. The second-order valence-electron chi connectivity index (χ2n) is 2.25. The van der Waals surface area contributed by atoms with Crippen LogP contribution in [0.5, 0.6) is 0 Å². The Morgan fingerprint density at radius 1 is 1.14 bits per heavy atom. The molecule has 0 fully saturated rings. The molecule has 1 N–H and O–H groups in total. The fraction of sp³-hybridized carbons (Fsp3) is 0. The number of hydrogen-bond donors (Lipinski definition) is 1. The predicted molar refractivity (Wildman–Crippen MR) is 47.7 cm³/mol. The second kappa shape index (κ2) is 5.47. The average Bonchev–Trinajstić information content (AvgIpc) is 2.77. The Morgan fingerprint density at radius 2 is 1.71 bits per heavy atom. The van der Waals surface area contributed by atoms with Crippen LogP contribution in [-0.2, 0) is 0 Å². The van der Waals surface area contributed by atoms with Crippen LogP contribution in [0.3, 0.4) is 0 Å². The van der Waals surface area contributed by atoms with Gasteiger partial charge in [0.2, 0.25) is 12.8 Å². The van der Waals surface area contributed by atoms with E-state index in [1.807, 2.05) is 0 Å². The SMILES string of the molecule is O=C(O)c1ccccc1.c1nnco1. The van der Waals surface area contributed by atoms with E-state index in [0.717, 1.165) is 0 Å². The zero-order valence-corrected chi connectivity index (χ0v) is 7.20. The summed E-state index contributed by atoms with van der Waals surface area (Å²) in [4.78, 5) is 10.2. The maximum Gasteiger partial charge on any atom is 0.335 e. The van der Waals surface area contributed by atoms with Crippen molar-refractivity contribution in [1.29, 1.82) is 0 Å². The highest BCUT2D eigenvalue weighted by atomic mass is 16.4. The zero-order valence-electron chi connectivity index (χ0n) is 7.20. The molecule has 1 heterocycles. The molecule has 0 unspecified atom stereocenters. The van der Waals surface area contributed by atoms with E-state index in [0.29, 0.717) is 5.56 Å². The van der Waals surface area contributed by atoms with Gasteiger partial charge in [-0.2, -0.15) is 0 Å². The first-order valence-electron chi connectivity index (χ1n) is 3.78. The van der Waals surface area contributed by atoms with E-state index in [2.05, 4.69) is 14.6 Å². The summed E-state index contributed by atoms with van der Waals surface area (Å²) < 4.78 is 4.36. The zero-order chi connectivity index (χ0) is 10.2. The first-order valence-corrected chi connectivity index (χ1v) is 3.78. The molecule has 2 rings (SSSR count). The maximum atomic E-state index is 10.2. The molecule has 0 aliphatic carbocycles. The lowest BCUT2D eigenvalue weighted by Crippen LogP contribution is -1.93. The molecule has 0 amide bonds. The van der Waals surface area contributed by atoms with Gasteiger partial charge in [-0.1, -0.05) is 18.2 Å². The van der Waals surface area contributed by atoms with E-state index in [1.54, 1.807) is 30.3 Å². The van der Waals surface area contributed by atoms with Crippen LogP contribution in [0.25, 0.3) is 0 Å². The van der Waals surface area contributed by atoms with Crippen molar-refractivity contribution in [2.75, 3.05) is 0 Å². The van der Waals surface area contributed by atoms with Crippen molar-refractivity contribution in [3.8, 4) is 0 Å². The molecule has 0 radical (unpaired) electrons. The van der Waals surface area contributed by atoms with Gasteiger partial charge in [0.1, 0.15) is 0 Å². The van der Waals surface area contributed by atoms with Crippen molar-refractivity contribution in [2.45, 2.75) is 0 Å². The standard InChI is InChI=1S/C7H6O2.C2H2N2O/c8-7(9)6-4-2-1-3-5-6;1-3-4-2-5-1/h1-5H,(H,8,9);1-2H. The van der Waals surface area contributed by atoms with Crippen molar-refractivity contribution in [2.24, 2.45) is 0 Å². The third-order valence-corrected chi connectivity index (χ3v) is 1.30. The Balaban J connectivity index is 0.000000165. The summed E-state index contributed by atoms with van der Waals surface area (Å²) in [5.74, 6) is -0.879. The summed E-state index contributed by atoms with van der Waals surface area (Å²) in [7, 11) is 0. The van der Waals surface area contributed by atoms with Crippen LogP contribution in [0, 0.1) is 0 Å². The van der Waals surface area contributed by atoms with E-state index < -0.39 is 5.97 Å². The molecule has 0 atom stereocenters. The molecule has 5 nitrogen and oxygen atoms in total. The summed E-state index contributed by atoms with van der Waals surface area (Å²) in [6.07, 6.45) is 2.53. The number of carbonyl (C=O) groups is 1. The minimum absolute atomic E-state index is 0.331. The quantitative estimate of drug-likeness (QED) is 0.740. The van der Waals surface area contributed by atoms with Gasteiger partial charge in [-0.15, -0.1) is 10.2 Å². The summed E-state index contributed by atoms with van der Waals surface area (Å²) >= 11 is 0. The molecule has 72 valence electrons. The number of hydrogen-bond acceptors (Lipinski definition) is 4. The van der Waals surface area contributed by atoms with E-state index in [9.17, 15) is 4.79 Å². The largest absolute Gasteiger partial charge is 0.478 e. The van der Waals surface area contributed by atoms with Crippen molar-refractivity contribution in [1.82, 2.24) is 10.2 Å². The molecule has 0 saturated heterocycles. The molecule has 0 aliphatic rings. The molecular formula is C9H8N2O3. The summed E-state index contributed by atoms with van der Waals surface area (Å²) in [5, 5.41) is 15.0. The van der Waals surface area contributed by atoms with Crippen LogP contribution in [0.2, 0.25) is 0 Å². The number of rotatable bonds is 1. The Hall–Kier alpha value is -2.17. The molecule has 0 aliphatic heterocycles. The van der Waals surface area contributed by atoms with Gasteiger partial charge in [-0.05, 0) is 12.1 Å². The highest BCUT2D eigenvalue weighted by Crippen LogP contribution is 1.96. The van der Waals surface area contributed by atoms with Gasteiger partial charge in [-0.3, -0.25) is 0 Å². The Morgan fingerprint density at radius 3 is 2.00 bits per heavy atom. The fourth-order valence-electron chi connectivity index (χ4n) is 0.717. The third-order valence-electron chi connectivity index (χ3n) is 1.30. The molecule has 14 heavy (non-hydrogen) atoms. The number of aromatic carboxylic acids is 1. The Labute approximate surface area is 80.0 Å². The van der Waals surface area contributed by atoms with Crippen LogP contribution in [0.15, 0.2) is 47.5 Å². The Bertz CT molecular complexity index is 342. The first kappa shape index (κ1) is 9.91. The normalized spacial score (nSPS) is 8.57. The van der Waals surface area contributed by atoms with Crippen molar-refractivity contribution in [3.05, 3.63) is 48.7 Å². The van der Waals surface area contributed by atoms with E-state index in [-0.39, 0.29) is 0 Å². The van der Waals surface area contributed by atoms with Crippen LogP contribution in [0.4, 0.5) is 0 Å². The van der Waals surface area contributed by atoms with E-state index in [4.69, 9.17) is 5.11 Å². The van der Waals surface area contributed by atoms with Gasteiger partial charge >= 0.3 is 5.97 Å². The van der Waals surface area contributed by atoms with Crippen LogP contribution in [-0.4, -0.2) is 21.3 Å². The maximum absolute atomic E-state index is 10.2. The molecule has 0 saturated carbocycles. The van der Waals surface area contributed by atoms with Gasteiger partial charge in [0.25, 0.3) is 0 Å². The lowest BCUT2D eigenvalue weighted by molar-refractivity contribution is 0.0697. The summed E-state index contributed by atoms with van der Waals surface area (Å²) in [5.41, 5.74) is 0.331. The lowest BCUT2D eigenvalue weighted by atomic mass is 10.2. The van der Waals surface area contributed by atoms with Crippen LogP contribution in [0.1, 0.15) is 10.4 Å². The number of carboxylic acid groups (broad SMARTS) is 1. The molecule has 1 aromatic heterocycles. The minimum Gasteiger partial charge on any atom is -0.478 e. The summed E-state index contributed by atoms with van der Waals surface area (Å²) in [6, 6.07) is 8.30. The minimum atomic E-state index is -0.879. The van der Waals surface area contributed by atoms with Crippen molar-refractivity contribution >= 4 is 5.97 Å². The summed E-state index contributed by atoms with van der Waals surface area (Å²) in [6.45, 7) is 0. The molecule has 1 aromatic carbocycles. The predicted octanol–water partition coefficient (Wildman–Crippen LogP) is 1.45. The average molecular weight is 192 g/mol. The second-order valence-corrected chi connectivity index (χ2v) is 2.25. The third kappa shape index (κ3) is 3.48. The van der Waals surface area contributed by atoms with Gasteiger partial charge < -0.3 is 9.52 Å². The monoisotopic (exact) mass is 192 g/mol.